The van der Waals surface area contributed by atoms with Crippen molar-refractivity contribution in [3.05, 3.63) is 59.8 Å². The molecule has 4 rings (SSSR count). The maximum Gasteiger partial charge on any atom is 0.256 e. The molecule has 0 spiro atoms. The summed E-state index contributed by atoms with van der Waals surface area (Å²) in [7, 11) is 6.58. The number of amides is 1. The largest absolute Gasteiger partial charge is 0.493 e. The zero-order valence-electron chi connectivity index (χ0n) is 21.1. The van der Waals surface area contributed by atoms with Gasteiger partial charge in [-0.05, 0) is 30.5 Å². The molecule has 1 N–H and O–H groups in total. The van der Waals surface area contributed by atoms with E-state index in [1.807, 2.05) is 42.3 Å². The van der Waals surface area contributed by atoms with Crippen LogP contribution < -0.4 is 24.4 Å². The number of rotatable bonds is 10. The van der Waals surface area contributed by atoms with Crippen LogP contribution in [0.3, 0.4) is 0 Å². The Morgan fingerprint density at radius 1 is 1.11 bits per heavy atom. The third-order valence-electron chi connectivity index (χ3n) is 6.07. The fourth-order valence-corrected chi connectivity index (χ4v) is 4.21. The maximum atomic E-state index is 13.2. The Hall–Kier alpha value is -3.85. The molecule has 9 heteroatoms. The van der Waals surface area contributed by atoms with Crippen molar-refractivity contribution in [1.82, 2.24) is 15.3 Å². The Morgan fingerprint density at radius 2 is 1.83 bits per heavy atom. The van der Waals surface area contributed by atoms with E-state index in [-0.39, 0.29) is 12.0 Å². The number of carbonyl (C=O) groups is 1. The summed E-state index contributed by atoms with van der Waals surface area (Å²) >= 11 is 0. The number of carbonyl (C=O) groups excluding carboxylic acids is 1. The van der Waals surface area contributed by atoms with Crippen LogP contribution in [0.25, 0.3) is 11.4 Å². The number of aromatic nitrogens is 2. The topological polar surface area (TPSA) is 95.0 Å². The van der Waals surface area contributed by atoms with Gasteiger partial charge in [0.05, 0.1) is 27.4 Å². The van der Waals surface area contributed by atoms with E-state index in [0.717, 1.165) is 25.0 Å². The first kappa shape index (κ1) is 25.2. The Bertz CT molecular complexity index is 1160. The van der Waals surface area contributed by atoms with Gasteiger partial charge >= 0.3 is 0 Å². The molecule has 1 aromatic heterocycles. The van der Waals surface area contributed by atoms with Gasteiger partial charge in [0.2, 0.25) is 5.75 Å². The number of anilines is 1. The number of nitrogens with one attached hydrogen (secondary N) is 1. The molecule has 1 saturated heterocycles. The second-order valence-corrected chi connectivity index (χ2v) is 8.53. The van der Waals surface area contributed by atoms with Crippen molar-refractivity contribution in [1.29, 1.82) is 0 Å². The van der Waals surface area contributed by atoms with Gasteiger partial charge in [-0.25, -0.2) is 9.97 Å². The van der Waals surface area contributed by atoms with Gasteiger partial charge in [0.1, 0.15) is 11.4 Å². The van der Waals surface area contributed by atoms with Gasteiger partial charge < -0.3 is 29.2 Å². The standard InChI is InChI=1S/C27H32N4O5/c1-31(17-18-9-6-5-7-10-18)26-21(27(32)29-15-20-11-8-12-36-20)16-28-25(30-26)19-13-22(33-2)24(35-4)23(14-19)34-3/h5-7,9-10,13-14,16,20H,8,11-12,15,17H2,1-4H3,(H,29,32)/t20-/m0/s1. The summed E-state index contributed by atoms with van der Waals surface area (Å²) in [5, 5.41) is 2.98. The normalized spacial score (nSPS) is 14.8. The molecule has 1 aliphatic heterocycles. The zero-order chi connectivity index (χ0) is 25.5. The molecule has 0 aliphatic carbocycles. The third-order valence-corrected chi connectivity index (χ3v) is 6.07. The Balaban J connectivity index is 1.70. The summed E-state index contributed by atoms with van der Waals surface area (Å²) in [6.07, 6.45) is 3.56. The van der Waals surface area contributed by atoms with E-state index >= 15 is 0 Å². The van der Waals surface area contributed by atoms with E-state index in [4.69, 9.17) is 23.9 Å². The van der Waals surface area contributed by atoms with Gasteiger partial charge in [-0.15, -0.1) is 0 Å². The SMILES string of the molecule is COc1cc(-c2ncc(C(=O)NC[C@@H]3CCCO3)c(N(C)Cc3ccccc3)n2)cc(OC)c1OC. The molecule has 1 aliphatic rings. The van der Waals surface area contributed by atoms with Gasteiger partial charge in [-0.3, -0.25) is 4.79 Å². The molecule has 2 heterocycles. The highest BCUT2D eigenvalue weighted by molar-refractivity contribution is 5.99. The lowest BCUT2D eigenvalue weighted by Gasteiger charge is -2.22. The number of methoxy groups -OCH3 is 3. The van der Waals surface area contributed by atoms with Crippen LogP contribution in [-0.4, -0.2) is 63.5 Å². The first-order valence-electron chi connectivity index (χ1n) is 11.9. The molecule has 9 nitrogen and oxygen atoms in total. The van der Waals surface area contributed by atoms with Crippen molar-refractivity contribution in [2.45, 2.75) is 25.5 Å². The van der Waals surface area contributed by atoms with E-state index in [9.17, 15) is 4.79 Å². The molecule has 36 heavy (non-hydrogen) atoms. The third kappa shape index (κ3) is 5.68. The van der Waals surface area contributed by atoms with E-state index in [2.05, 4.69) is 10.3 Å². The van der Waals surface area contributed by atoms with Crippen LogP contribution in [0.15, 0.2) is 48.7 Å². The molecular weight excluding hydrogens is 460 g/mol. The van der Waals surface area contributed by atoms with E-state index < -0.39 is 0 Å². The number of benzene rings is 2. The molecule has 1 fully saturated rings. The first-order chi connectivity index (χ1) is 17.5. The predicted molar refractivity (Wildman–Crippen MR) is 137 cm³/mol. The molecule has 0 bridgehead atoms. The Morgan fingerprint density at radius 3 is 2.44 bits per heavy atom. The molecule has 1 atom stereocenters. The lowest BCUT2D eigenvalue weighted by Crippen LogP contribution is -2.33. The summed E-state index contributed by atoms with van der Waals surface area (Å²) in [5.74, 6) is 2.18. The van der Waals surface area contributed by atoms with Gasteiger partial charge in [0.15, 0.2) is 17.3 Å². The molecule has 3 aromatic rings. The van der Waals surface area contributed by atoms with Crippen molar-refractivity contribution in [3.8, 4) is 28.6 Å². The zero-order valence-corrected chi connectivity index (χ0v) is 21.1. The predicted octanol–water partition coefficient (Wildman–Crippen LogP) is 3.71. The first-order valence-corrected chi connectivity index (χ1v) is 11.9. The van der Waals surface area contributed by atoms with Crippen LogP contribution in [0.4, 0.5) is 5.82 Å². The van der Waals surface area contributed by atoms with Crippen molar-refractivity contribution in [2.24, 2.45) is 0 Å². The minimum Gasteiger partial charge on any atom is -0.493 e. The number of nitrogens with zero attached hydrogens (tertiary/aromatic N) is 3. The molecule has 2 aromatic carbocycles. The van der Waals surface area contributed by atoms with Crippen molar-refractivity contribution in [3.63, 3.8) is 0 Å². The van der Waals surface area contributed by atoms with E-state index in [0.29, 0.717) is 53.1 Å². The van der Waals surface area contributed by atoms with Gasteiger partial charge in [-0.1, -0.05) is 30.3 Å². The van der Waals surface area contributed by atoms with Crippen LogP contribution >= 0.6 is 0 Å². The van der Waals surface area contributed by atoms with E-state index in [1.165, 1.54) is 0 Å². The molecule has 0 saturated carbocycles. The lowest BCUT2D eigenvalue weighted by molar-refractivity contribution is 0.0857. The van der Waals surface area contributed by atoms with Gasteiger partial charge in [-0.2, -0.15) is 0 Å². The van der Waals surface area contributed by atoms with Crippen LogP contribution in [0.5, 0.6) is 17.2 Å². The summed E-state index contributed by atoms with van der Waals surface area (Å²) in [6, 6.07) is 13.6. The van der Waals surface area contributed by atoms with Gasteiger partial charge in [0, 0.05) is 38.5 Å². The van der Waals surface area contributed by atoms with Crippen LogP contribution in [0.1, 0.15) is 28.8 Å². The van der Waals surface area contributed by atoms with Crippen LogP contribution in [-0.2, 0) is 11.3 Å². The highest BCUT2D eigenvalue weighted by Gasteiger charge is 2.23. The minimum atomic E-state index is -0.239. The van der Waals surface area contributed by atoms with Crippen molar-refractivity contribution < 1.29 is 23.7 Å². The smallest absolute Gasteiger partial charge is 0.256 e. The number of hydrogen-bond donors (Lipinski definition) is 1. The van der Waals surface area contributed by atoms with Gasteiger partial charge in [0.25, 0.3) is 5.91 Å². The number of hydrogen-bond acceptors (Lipinski definition) is 8. The quantitative estimate of drug-likeness (QED) is 0.458. The summed E-state index contributed by atoms with van der Waals surface area (Å²) in [4.78, 5) is 24.5. The molecule has 190 valence electrons. The molecule has 0 radical (unpaired) electrons. The maximum absolute atomic E-state index is 13.2. The highest BCUT2D eigenvalue weighted by atomic mass is 16.5. The summed E-state index contributed by atoms with van der Waals surface area (Å²) < 4.78 is 22.1. The van der Waals surface area contributed by atoms with Crippen molar-refractivity contribution in [2.75, 3.05) is 46.4 Å². The fraction of sp³-hybridized carbons (Fsp3) is 0.370. The average Bonchev–Trinajstić information content (AvgIpc) is 3.44. The Labute approximate surface area is 211 Å². The summed E-state index contributed by atoms with van der Waals surface area (Å²) in [5.41, 5.74) is 2.16. The average molecular weight is 493 g/mol. The van der Waals surface area contributed by atoms with E-state index in [1.54, 1.807) is 39.7 Å². The second-order valence-electron chi connectivity index (χ2n) is 8.53. The van der Waals surface area contributed by atoms with Crippen molar-refractivity contribution >= 4 is 11.7 Å². The number of ether oxygens (including phenoxy) is 4. The summed E-state index contributed by atoms with van der Waals surface area (Å²) in [6.45, 7) is 1.76. The molecular formula is C27H32N4O5. The Kier molecular flexibility index (Phi) is 8.22. The van der Waals surface area contributed by atoms with Crippen LogP contribution in [0, 0.1) is 0 Å². The molecule has 1 amide bonds. The fourth-order valence-electron chi connectivity index (χ4n) is 4.21. The molecule has 0 unspecified atom stereocenters. The monoisotopic (exact) mass is 492 g/mol. The minimum absolute atomic E-state index is 0.0406. The van der Waals surface area contributed by atoms with Crippen LogP contribution in [0.2, 0.25) is 0 Å². The lowest BCUT2D eigenvalue weighted by atomic mass is 10.1. The second kappa shape index (κ2) is 11.7. The highest BCUT2D eigenvalue weighted by Crippen LogP contribution is 2.40.